The minimum absolute atomic E-state index is 0.0600. The summed E-state index contributed by atoms with van der Waals surface area (Å²) >= 11 is -2.71. The van der Waals surface area contributed by atoms with E-state index in [9.17, 15) is 26.8 Å². The van der Waals surface area contributed by atoms with Crippen LogP contribution < -0.4 is 14.3 Å². The highest BCUT2D eigenvalue weighted by molar-refractivity contribution is 7.92. The minimum atomic E-state index is -3.53. The molecule has 2 N–H and O–H groups in total. The van der Waals surface area contributed by atoms with Crippen molar-refractivity contribution in [2.75, 3.05) is 27.2 Å². The molecule has 11 nitrogen and oxygen atoms in total. The van der Waals surface area contributed by atoms with Gasteiger partial charge < -0.3 is 19.0 Å². The fourth-order valence-electron chi connectivity index (χ4n) is 4.68. The number of rotatable bonds is 11. The van der Waals surface area contributed by atoms with Crippen molar-refractivity contribution in [2.45, 2.75) is 33.7 Å². The summed E-state index contributed by atoms with van der Waals surface area (Å²) in [5.41, 5.74) is 3.62. The highest BCUT2D eigenvalue weighted by Gasteiger charge is 2.31. The Balaban J connectivity index is 1.53. The number of nitrogens with zero attached hydrogens (tertiary/aromatic N) is 1. The van der Waals surface area contributed by atoms with Crippen molar-refractivity contribution in [1.29, 1.82) is 0 Å². The summed E-state index contributed by atoms with van der Waals surface area (Å²) in [6.07, 6.45) is 0. The first-order valence-corrected chi connectivity index (χ1v) is 16.1. The predicted octanol–water partition coefficient (Wildman–Crippen LogP) is 5.22. The van der Waals surface area contributed by atoms with Crippen molar-refractivity contribution in [1.82, 2.24) is 0 Å². The summed E-state index contributed by atoms with van der Waals surface area (Å²) in [6, 6.07) is 17.6. The Morgan fingerprint density at radius 2 is 1.63 bits per heavy atom. The second-order valence-electron chi connectivity index (χ2n) is 10.1. The van der Waals surface area contributed by atoms with Crippen LogP contribution in [0.4, 0.5) is 17.1 Å². The molecule has 0 aliphatic carbocycles. The summed E-state index contributed by atoms with van der Waals surface area (Å²) in [5, 5.41) is 3.31. The molecule has 4 rings (SSSR count). The van der Waals surface area contributed by atoms with Crippen LogP contribution in [0.25, 0.3) is 22.1 Å². The molecule has 0 fully saturated rings. The standard InChI is InChI=1S/C30H33N3O8S2/c1-6-43(38,39)32-24-8-7-9-25-26(24)19(4)28(41-25)29(34)31-22-14-10-20(11-15-22)21-12-16-23(17-13-21)33(42(36)37)27(18(2)3)30(35)40-5/h7-18,27,32H,6H2,1-5H3,(H,31,34)(H,36,37)/p-1. The second-order valence-corrected chi connectivity index (χ2v) is 12.9. The zero-order valence-corrected chi connectivity index (χ0v) is 25.9. The molecule has 0 radical (unpaired) electrons. The lowest BCUT2D eigenvalue weighted by Gasteiger charge is -2.35. The first kappa shape index (κ1) is 31.7. The van der Waals surface area contributed by atoms with Gasteiger partial charge in [0.2, 0.25) is 10.0 Å². The molecule has 1 aromatic heterocycles. The quantitative estimate of drug-likeness (QED) is 0.169. The maximum atomic E-state index is 13.1. The van der Waals surface area contributed by atoms with E-state index in [1.807, 2.05) is 0 Å². The van der Waals surface area contributed by atoms with E-state index in [1.165, 1.54) is 14.0 Å². The van der Waals surface area contributed by atoms with Gasteiger partial charge in [0.05, 0.1) is 18.6 Å². The van der Waals surface area contributed by atoms with Gasteiger partial charge in [0.25, 0.3) is 5.91 Å². The molecular weight excluding hydrogens is 594 g/mol. The molecule has 0 saturated heterocycles. The van der Waals surface area contributed by atoms with Crippen molar-refractivity contribution >= 4 is 61.2 Å². The van der Waals surface area contributed by atoms with E-state index in [1.54, 1.807) is 87.5 Å². The van der Waals surface area contributed by atoms with Crippen LogP contribution in [0.5, 0.6) is 0 Å². The Morgan fingerprint density at radius 1 is 1.02 bits per heavy atom. The smallest absolute Gasteiger partial charge is 0.329 e. The first-order chi connectivity index (χ1) is 20.4. The van der Waals surface area contributed by atoms with Crippen LogP contribution in [-0.2, 0) is 30.8 Å². The van der Waals surface area contributed by atoms with Crippen molar-refractivity contribution in [2.24, 2.45) is 5.92 Å². The van der Waals surface area contributed by atoms with Crippen molar-refractivity contribution < 1.29 is 35.9 Å². The van der Waals surface area contributed by atoms with Gasteiger partial charge in [-0.15, -0.1) is 0 Å². The van der Waals surface area contributed by atoms with Crippen molar-refractivity contribution in [3.05, 3.63) is 78.1 Å². The molecule has 0 spiro atoms. The van der Waals surface area contributed by atoms with Crippen LogP contribution in [0.1, 0.15) is 36.9 Å². The number of hydrogen-bond acceptors (Lipinski definition) is 8. The number of benzene rings is 3. The molecule has 228 valence electrons. The number of carbonyl (C=O) groups excluding carboxylic acids is 2. The van der Waals surface area contributed by atoms with Crippen LogP contribution in [0, 0.1) is 12.8 Å². The van der Waals surface area contributed by atoms with Gasteiger partial charge in [-0.3, -0.25) is 18.0 Å². The van der Waals surface area contributed by atoms with E-state index in [4.69, 9.17) is 9.15 Å². The molecule has 1 heterocycles. The Kier molecular flexibility index (Phi) is 9.58. The van der Waals surface area contributed by atoms with Gasteiger partial charge in [0.15, 0.2) is 5.76 Å². The average molecular weight is 627 g/mol. The van der Waals surface area contributed by atoms with Crippen LogP contribution in [0.3, 0.4) is 0 Å². The van der Waals surface area contributed by atoms with E-state index in [-0.39, 0.29) is 17.4 Å². The number of carbonyl (C=O) groups is 2. The van der Waals surface area contributed by atoms with E-state index >= 15 is 0 Å². The third-order valence-electron chi connectivity index (χ3n) is 6.89. The Bertz CT molecular complexity index is 1770. The molecule has 0 saturated carbocycles. The number of sulfonamides is 1. The van der Waals surface area contributed by atoms with Crippen LogP contribution in [-0.4, -0.2) is 48.0 Å². The largest absolute Gasteiger partial charge is 0.755 e. The number of nitrogens with one attached hydrogen (secondary N) is 2. The Morgan fingerprint density at radius 3 is 2.16 bits per heavy atom. The van der Waals surface area contributed by atoms with Gasteiger partial charge in [-0.2, -0.15) is 0 Å². The van der Waals surface area contributed by atoms with Gasteiger partial charge in [0, 0.05) is 33.6 Å². The number of furan rings is 1. The molecule has 1 amide bonds. The van der Waals surface area contributed by atoms with Gasteiger partial charge in [-0.05, 0) is 67.3 Å². The lowest BCUT2D eigenvalue weighted by molar-refractivity contribution is -0.143. The molecule has 0 aliphatic heterocycles. The van der Waals surface area contributed by atoms with E-state index in [0.717, 1.165) is 15.4 Å². The highest BCUT2D eigenvalue weighted by Crippen LogP contribution is 2.33. The number of aryl methyl sites for hydroxylation is 1. The number of fused-ring (bicyclic) bond motifs is 1. The molecule has 3 aromatic carbocycles. The Labute approximate surface area is 252 Å². The number of hydrogen-bond donors (Lipinski definition) is 2. The average Bonchev–Trinajstić information content (AvgIpc) is 3.32. The monoisotopic (exact) mass is 626 g/mol. The van der Waals surface area contributed by atoms with Crippen molar-refractivity contribution in [3.63, 3.8) is 0 Å². The summed E-state index contributed by atoms with van der Waals surface area (Å²) in [5.74, 6) is -1.51. The van der Waals surface area contributed by atoms with Crippen LogP contribution in [0.15, 0.2) is 71.1 Å². The fourth-order valence-corrected chi connectivity index (χ4v) is 6.14. The van der Waals surface area contributed by atoms with E-state index < -0.39 is 39.2 Å². The molecule has 4 aromatic rings. The summed E-state index contributed by atoms with van der Waals surface area (Å²) in [4.78, 5) is 25.4. The number of esters is 1. The number of ether oxygens (including phenoxy) is 1. The second kappa shape index (κ2) is 13.0. The summed E-state index contributed by atoms with van der Waals surface area (Å²) < 4.78 is 62.5. The van der Waals surface area contributed by atoms with Gasteiger partial charge in [-0.25, -0.2) is 13.2 Å². The molecule has 43 heavy (non-hydrogen) atoms. The minimum Gasteiger partial charge on any atom is -0.755 e. The predicted molar refractivity (Wildman–Crippen MR) is 166 cm³/mol. The molecule has 13 heteroatoms. The summed E-state index contributed by atoms with van der Waals surface area (Å²) in [7, 11) is -2.32. The molecular formula is C30H32N3O8S2-. The van der Waals surface area contributed by atoms with E-state index in [0.29, 0.717) is 33.6 Å². The maximum absolute atomic E-state index is 13.1. The normalized spacial score (nSPS) is 13.0. The highest BCUT2D eigenvalue weighted by atomic mass is 32.2. The summed E-state index contributed by atoms with van der Waals surface area (Å²) in [6.45, 7) is 6.70. The maximum Gasteiger partial charge on any atom is 0.329 e. The van der Waals surface area contributed by atoms with Crippen LogP contribution >= 0.6 is 0 Å². The fraction of sp³-hybridized carbons (Fsp3) is 0.267. The van der Waals surface area contributed by atoms with Gasteiger partial charge >= 0.3 is 5.97 Å². The van der Waals surface area contributed by atoms with Crippen LogP contribution in [0.2, 0.25) is 0 Å². The number of amides is 1. The molecule has 2 unspecified atom stereocenters. The third kappa shape index (κ3) is 6.90. The first-order valence-electron chi connectivity index (χ1n) is 13.4. The Hall–Kier alpha value is -4.20. The molecule has 0 bridgehead atoms. The molecule has 2 atom stereocenters. The lowest BCUT2D eigenvalue weighted by atomic mass is 10.0. The lowest BCUT2D eigenvalue weighted by Crippen LogP contribution is -2.46. The molecule has 0 aliphatic rings. The zero-order valence-electron chi connectivity index (χ0n) is 24.2. The topological polar surface area (TPSA) is 158 Å². The van der Waals surface area contributed by atoms with Gasteiger partial charge in [-0.1, -0.05) is 44.2 Å². The number of methoxy groups -OCH3 is 1. The van der Waals surface area contributed by atoms with E-state index in [2.05, 4.69) is 10.0 Å². The van der Waals surface area contributed by atoms with Crippen molar-refractivity contribution in [3.8, 4) is 11.1 Å². The third-order valence-corrected chi connectivity index (χ3v) is 8.94. The number of anilines is 3. The zero-order chi connectivity index (χ0) is 31.5. The SMILES string of the molecule is CCS(=O)(=O)Nc1cccc2oc(C(=O)Nc3ccc(-c4ccc(N(C(C(=O)OC)C(C)C)S(=O)[O-])cc4)cc3)c(C)c12. The van der Waals surface area contributed by atoms with Gasteiger partial charge in [0.1, 0.15) is 11.6 Å².